The van der Waals surface area contributed by atoms with Gasteiger partial charge in [-0.2, -0.15) is 9.67 Å². The summed E-state index contributed by atoms with van der Waals surface area (Å²) in [6.45, 7) is 0. The fourth-order valence-electron chi connectivity index (χ4n) is 2.03. The van der Waals surface area contributed by atoms with Crippen molar-refractivity contribution in [2.24, 2.45) is 0 Å². The van der Waals surface area contributed by atoms with Crippen LogP contribution in [0.15, 0.2) is 38.7 Å². The summed E-state index contributed by atoms with van der Waals surface area (Å²) in [5.41, 5.74) is 1.00. The molecule has 0 saturated carbocycles. The maximum atomic E-state index is 12.2. The number of aromatic amines is 2. The highest BCUT2D eigenvalue weighted by Crippen LogP contribution is 2.35. The van der Waals surface area contributed by atoms with Crippen LogP contribution in [0.1, 0.15) is 0 Å². The average molecular weight is 433 g/mol. The SMILES string of the molecule is CN(C)c1cc[n+](-c2c(Cl)c(Sc3n[nH]c(=S)s3)[nH]c(=O)c2Cl)cc1. The second-order valence-corrected chi connectivity index (χ2v) is 8.78. The lowest BCUT2D eigenvalue weighted by atomic mass is 10.3. The maximum Gasteiger partial charge on any atom is 0.274 e. The van der Waals surface area contributed by atoms with Gasteiger partial charge in [-0.25, -0.2) is 0 Å². The summed E-state index contributed by atoms with van der Waals surface area (Å²) in [6.07, 6.45) is 3.60. The Labute approximate surface area is 166 Å². The van der Waals surface area contributed by atoms with Crippen molar-refractivity contribution in [2.45, 2.75) is 9.37 Å². The lowest BCUT2D eigenvalue weighted by Gasteiger charge is -2.11. The van der Waals surface area contributed by atoms with Crippen LogP contribution in [0.5, 0.6) is 0 Å². The van der Waals surface area contributed by atoms with E-state index in [2.05, 4.69) is 15.2 Å². The molecule has 3 aromatic rings. The Balaban J connectivity index is 2.09. The molecule has 0 fully saturated rings. The van der Waals surface area contributed by atoms with Crippen molar-refractivity contribution in [1.29, 1.82) is 0 Å². The van der Waals surface area contributed by atoms with Gasteiger partial charge in [0, 0.05) is 31.9 Å². The first-order valence-corrected chi connectivity index (χ1v) is 9.70. The fourth-order valence-corrected chi connectivity index (χ4v) is 4.72. The molecule has 0 bridgehead atoms. The molecule has 0 spiro atoms. The summed E-state index contributed by atoms with van der Waals surface area (Å²) in [5, 5.41) is 7.56. The Kier molecular flexibility index (Phi) is 5.49. The van der Waals surface area contributed by atoms with Crippen LogP contribution >= 0.6 is 58.5 Å². The van der Waals surface area contributed by atoms with E-state index >= 15 is 0 Å². The molecule has 3 heterocycles. The summed E-state index contributed by atoms with van der Waals surface area (Å²) in [5.74, 6) is 0. The predicted molar refractivity (Wildman–Crippen MR) is 104 cm³/mol. The van der Waals surface area contributed by atoms with Crippen molar-refractivity contribution in [3.8, 4) is 5.69 Å². The first kappa shape index (κ1) is 18.4. The Morgan fingerprint density at radius 3 is 2.52 bits per heavy atom. The van der Waals surface area contributed by atoms with Gasteiger partial charge >= 0.3 is 0 Å². The van der Waals surface area contributed by atoms with Crippen LogP contribution in [-0.4, -0.2) is 29.3 Å². The summed E-state index contributed by atoms with van der Waals surface area (Å²) in [4.78, 5) is 16.9. The summed E-state index contributed by atoms with van der Waals surface area (Å²) in [7, 11) is 3.89. The molecule has 0 radical (unpaired) electrons. The lowest BCUT2D eigenvalue weighted by molar-refractivity contribution is -0.595. The first-order valence-electron chi connectivity index (χ1n) is 6.90. The Morgan fingerprint density at radius 2 is 1.96 bits per heavy atom. The highest BCUT2D eigenvalue weighted by molar-refractivity contribution is 8.01. The number of H-pyrrole nitrogens is 2. The summed E-state index contributed by atoms with van der Waals surface area (Å²) < 4.78 is 2.90. The molecule has 0 aliphatic heterocycles. The molecule has 0 atom stereocenters. The van der Waals surface area contributed by atoms with E-state index in [1.54, 1.807) is 17.0 Å². The number of hydrogen-bond acceptors (Lipinski definition) is 6. The third-order valence-corrected chi connectivity index (χ3v) is 6.23. The van der Waals surface area contributed by atoms with Crippen LogP contribution in [0, 0.1) is 3.95 Å². The molecule has 0 aliphatic carbocycles. The van der Waals surface area contributed by atoms with Crippen molar-refractivity contribution < 1.29 is 4.57 Å². The summed E-state index contributed by atoms with van der Waals surface area (Å²) in [6, 6.07) is 3.81. The number of aromatic nitrogens is 4. The van der Waals surface area contributed by atoms with Crippen LogP contribution in [0.2, 0.25) is 10.0 Å². The monoisotopic (exact) mass is 432 g/mol. The molecule has 25 heavy (non-hydrogen) atoms. The number of nitrogens with zero attached hydrogens (tertiary/aromatic N) is 3. The molecular formula is C14H12Cl2N5OS3+. The number of pyridine rings is 2. The van der Waals surface area contributed by atoms with E-state index in [-0.39, 0.29) is 5.02 Å². The Hall–Kier alpha value is -1.39. The largest absolute Gasteiger partial charge is 0.377 e. The predicted octanol–water partition coefficient (Wildman–Crippen LogP) is 3.69. The van der Waals surface area contributed by atoms with E-state index in [9.17, 15) is 4.79 Å². The minimum absolute atomic E-state index is 0.0200. The molecule has 2 N–H and O–H groups in total. The third-order valence-electron chi connectivity index (χ3n) is 3.24. The molecule has 6 nitrogen and oxygen atoms in total. The number of hydrogen-bond donors (Lipinski definition) is 2. The third kappa shape index (κ3) is 3.90. The summed E-state index contributed by atoms with van der Waals surface area (Å²) >= 11 is 20.3. The van der Waals surface area contributed by atoms with Gasteiger partial charge in [-0.05, 0) is 24.0 Å². The quantitative estimate of drug-likeness (QED) is 0.485. The minimum Gasteiger partial charge on any atom is -0.377 e. The highest BCUT2D eigenvalue weighted by Gasteiger charge is 2.24. The van der Waals surface area contributed by atoms with Crippen molar-refractivity contribution in [1.82, 2.24) is 15.2 Å². The number of anilines is 1. The van der Waals surface area contributed by atoms with Gasteiger partial charge in [0.05, 0.1) is 0 Å². The number of halogens is 2. The standard InChI is InChI=1S/C14H11Cl2N5OS3/c1-20(2)7-3-5-21(6-4-7)10-8(15)11(22)17-12(9(10)16)24-14-19-18-13(23)25-14/h3-6H,1-2H3,(H-,17,18,22,23)/p+1. The van der Waals surface area contributed by atoms with E-state index in [1.807, 2.05) is 31.1 Å². The van der Waals surface area contributed by atoms with Gasteiger partial charge in [-0.1, -0.05) is 34.5 Å². The van der Waals surface area contributed by atoms with E-state index in [4.69, 9.17) is 35.4 Å². The molecule has 0 aromatic carbocycles. The molecule has 0 unspecified atom stereocenters. The number of nitrogens with one attached hydrogen (secondary N) is 2. The van der Waals surface area contributed by atoms with Crippen LogP contribution < -0.4 is 15.0 Å². The molecule has 0 aliphatic rings. The van der Waals surface area contributed by atoms with Gasteiger partial charge in [0.1, 0.15) is 10.0 Å². The minimum atomic E-state index is -0.424. The van der Waals surface area contributed by atoms with Crippen molar-refractivity contribution in [3.05, 3.63) is 48.9 Å². The second kappa shape index (κ2) is 7.46. The normalized spacial score (nSPS) is 10.9. The van der Waals surface area contributed by atoms with Crippen molar-refractivity contribution in [3.63, 3.8) is 0 Å². The van der Waals surface area contributed by atoms with Gasteiger partial charge in [0.25, 0.3) is 11.2 Å². The maximum absolute atomic E-state index is 12.2. The fraction of sp³-hybridized carbons (Fsp3) is 0.143. The van der Waals surface area contributed by atoms with Crippen LogP contribution in [0.3, 0.4) is 0 Å². The topological polar surface area (TPSA) is 68.7 Å². The molecule has 0 amide bonds. The van der Waals surface area contributed by atoms with Crippen LogP contribution in [0.25, 0.3) is 5.69 Å². The zero-order valence-electron chi connectivity index (χ0n) is 13.0. The molecule has 130 valence electrons. The van der Waals surface area contributed by atoms with E-state index in [0.29, 0.717) is 24.0 Å². The number of rotatable bonds is 4. The zero-order valence-corrected chi connectivity index (χ0v) is 17.0. The van der Waals surface area contributed by atoms with Crippen molar-refractivity contribution in [2.75, 3.05) is 19.0 Å². The van der Waals surface area contributed by atoms with E-state index in [0.717, 1.165) is 5.69 Å². The molecule has 3 rings (SSSR count). The van der Waals surface area contributed by atoms with Gasteiger partial charge in [0.15, 0.2) is 25.7 Å². The molecule has 3 aromatic heterocycles. The lowest BCUT2D eigenvalue weighted by Crippen LogP contribution is -2.33. The zero-order chi connectivity index (χ0) is 18.1. The van der Waals surface area contributed by atoms with Crippen LogP contribution in [0.4, 0.5) is 5.69 Å². The van der Waals surface area contributed by atoms with Crippen molar-refractivity contribution >= 4 is 64.2 Å². The van der Waals surface area contributed by atoms with Gasteiger partial charge in [0.2, 0.25) is 0 Å². The van der Waals surface area contributed by atoms with E-state index < -0.39 is 5.56 Å². The van der Waals surface area contributed by atoms with E-state index in [1.165, 1.54) is 23.1 Å². The molecule has 11 heteroatoms. The average Bonchev–Trinajstić information content (AvgIpc) is 2.98. The first-order chi connectivity index (χ1) is 11.9. The second-order valence-electron chi connectivity index (χ2n) is 5.10. The smallest absolute Gasteiger partial charge is 0.274 e. The van der Waals surface area contributed by atoms with Gasteiger partial charge in [-0.15, -0.1) is 0 Å². The van der Waals surface area contributed by atoms with Crippen LogP contribution in [-0.2, 0) is 0 Å². The van der Waals surface area contributed by atoms with Gasteiger partial charge < -0.3 is 9.88 Å². The Bertz CT molecular complexity index is 1030. The highest BCUT2D eigenvalue weighted by atomic mass is 35.5. The Morgan fingerprint density at radius 1 is 1.28 bits per heavy atom. The molecule has 0 saturated heterocycles. The van der Waals surface area contributed by atoms with Gasteiger partial charge in [-0.3, -0.25) is 9.89 Å². The molecular weight excluding hydrogens is 421 g/mol.